The summed E-state index contributed by atoms with van der Waals surface area (Å²) in [6.07, 6.45) is 7.16. The molecular formula is C32H40N4O4S3. The molecule has 2 aliphatic heterocycles. The molecule has 11 heteroatoms. The number of nitrogens with zero attached hydrogens (tertiary/aromatic N) is 2. The number of thioether (sulfide) groups is 1. The van der Waals surface area contributed by atoms with Crippen molar-refractivity contribution in [2.24, 2.45) is 0 Å². The number of amides is 1. The highest BCUT2D eigenvalue weighted by molar-refractivity contribution is 8.01. The third kappa shape index (κ3) is 8.93. The van der Waals surface area contributed by atoms with Crippen LogP contribution in [0.5, 0.6) is 0 Å². The number of rotatable bonds is 16. The van der Waals surface area contributed by atoms with Gasteiger partial charge in [0.1, 0.15) is 5.69 Å². The van der Waals surface area contributed by atoms with Crippen LogP contribution in [0.25, 0.3) is 5.69 Å². The lowest BCUT2D eigenvalue weighted by Crippen LogP contribution is -2.24. The van der Waals surface area contributed by atoms with Gasteiger partial charge in [-0.25, -0.2) is 13.2 Å². The fourth-order valence-electron chi connectivity index (χ4n) is 4.70. The van der Waals surface area contributed by atoms with Crippen molar-refractivity contribution in [2.45, 2.75) is 81.2 Å². The van der Waals surface area contributed by atoms with Gasteiger partial charge in [0.05, 0.1) is 9.10 Å². The highest BCUT2D eigenvalue weighted by Crippen LogP contribution is 2.40. The molecule has 0 radical (unpaired) electrons. The highest BCUT2D eigenvalue weighted by Gasteiger charge is 2.27. The fourth-order valence-corrected chi connectivity index (χ4v) is 8.34. The van der Waals surface area contributed by atoms with Gasteiger partial charge >= 0.3 is 5.69 Å². The molecule has 230 valence electrons. The molecule has 0 fully saturated rings. The molecule has 4 rings (SSSR count). The van der Waals surface area contributed by atoms with Crippen LogP contribution < -0.4 is 15.7 Å². The molecule has 0 spiro atoms. The average Bonchev–Trinajstić information content (AvgIpc) is 3.30. The normalized spacial score (nSPS) is 11.6. The van der Waals surface area contributed by atoms with Crippen LogP contribution >= 0.6 is 23.1 Å². The Hall–Kier alpha value is -3.15. The van der Waals surface area contributed by atoms with Crippen molar-refractivity contribution in [1.29, 1.82) is 0 Å². The Balaban J connectivity index is 1.54. The molecule has 8 nitrogen and oxygen atoms in total. The summed E-state index contributed by atoms with van der Waals surface area (Å²) >= 11 is 3.12. The van der Waals surface area contributed by atoms with Gasteiger partial charge in [-0.1, -0.05) is 74.2 Å². The second-order valence-electron chi connectivity index (χ2n) is 10.6. The third-order valence-electron chi connectivity index (χ3n) is 7.15. The Morgan fingerprint density at radius 2 is 1.72 bits per heavy atom. The van der Waals surface area contributed by atoms with Crippen LogP contribution in [-0.4, -0.2) is 36.2 Å². The number of carbonyl (C=O) groups excluding carboxylic acids is 1. The summed E-state index contributed by atoms with van der Waals surface area (Å²) in [7, 11) is -3.96. The molecule has 0 saturated heterocycles. The molecule has 1 amide bonds. The Morgan fingerprint density at radius 1 is 0.977 bits per heavy atom. The second-order valence-corrected chi connectivity index (χ2v) is 14.8. The lowest BCUT2D eigenvalue weighted by Gasteiger charge is -2.17. The zero-order chi connectivity index (χ0) is 30.8. The summed E-state index contributed by atoms with van der Waals surface area (Å²) in [5, 5.41) is 3.00. The average molecular weight is 641 g/mol. The van der Waals surface area contributed by atoms with Gasteiger partial charge in [-0.15, -0.1) is 23.1 Å². The van der Waals surface area contributed by atoms with Crippen molar-refractivity contribution in [1.82, 2.24) is 14.9 Å². The number of fused-ring (bicyclic) bond motifs is 1. The minimum atomic E-state index is -3.96. The van der Waals surface area contributed by atoms with Crippen LogP contribution in [0.15, 0.2) is 68.5 Å². The van der Waals surface area contributed by atoms with Crippen LogP contribution in [0.2, 0.25) is 0 Å². The quantitative estimate of drug-likeness (QED) is 0.104. The molecule has 2 aromatic carbocycles. The number of hydrogen-bond donors (Lipinski definition) is 2. The van der Waals surface area contributed by atoms with Crippen molar-refractivity contribution in [3.8, 4) is 5.69 Å². The summed E-state index contributed by atoms with van der Waals surface area (Å²) in [5.74, 6) is 0.820. The van der Waals surface area contributed by atoms with Gasteiger partial charge < -0.3 is 5.32 Å². The van der Waals surface area contributed by atoms with Crippen LogP contribution in [0.3, 0.4) is 0 Å². The monoisotopic (exact) mass is 640 g/mol. The van der Waals surface area contributed by atoms with Crippen molar-refractivity contribution in [3.63, 3.8) is 0 Å². The number of carbonyl (C=O) groups is 1. The standard InChI is InChI=1S/C32H40N4O4S3/c1-4-5-6-11-20-33-28(37)15-10-12-21-41-31-29-30(35-43(39,40)26-18-16-23(2)17-19-26)34-32(38)36(29)24(3)27(42-31)22-25-13-8-7-9-14-25/h7-9,13-14,16-19H,4-6,10-12,15,20-22H2,1-3H3,(H,33,37)(H,34,35,38). The molecule has 2 N–H and O–H groups in total. The second kappa shape index (κ2) is 15.5. The van der Waals surface area contributed by atoms with E-state index in [2.05, 4.69) is 21.9 Å². The van der Waals surface area contributed by atoms with Gasteiger partial charge in [0.15, 0.2) is 5.82 Å². The van der Waals surface area contributed by atoms with Crippen LogP contribution in [0.4, 0.5) is 5.82 Å². The van der Waals surface area contributed by atoms with E-state index < -0.39 is 15.7 Å². The molecule has 2 heterocycles. The number of benzene rings is 2. The summed E-state index contributed by atoms with van der Waals surface area (Å²) < 4.78 is 31.4. The highest BCUT2D eigenvalue weighted by atomic mass is 32.2. The summed E-state index contributed by atoms with van der Waals surface area (Å²) in [4.78, 5) is 30.7. The summed E-state index contributed by atoms with van der Waals surface area (Å²) in [6, 6.07) is 16.6. The molecule has 0 unspecified atom stereocenters. The zero-order valence-corrected chi connectivity index (χ0v) is 27.5. The number of aryl methyl sites for hydroxylation is 1. The first-order chi connectivity index (χ1) is 20.7. The number of imidazole rings is 1. The molecule has 0 aliphatic carbocycles. The lowest BCUT2D eigenvalue weighted by atomic mass is 10.1. The first kappa shape index (κ1) is 32.8. The van der Waals surface area contributed by atoms with E-state index in [0.29, 0.717) is 24.3 Å². The van der Waals surface area contributed by atoms with E-state index in [-0.39, 0.29) is 16.6 Å². The number of sulfonamides is 1. The molecule has 0 bridgehead atoms. The van der Waals surface area contributed by atoms with E-state index >= 15 is 0 Å². The van der Waals surface area contributed by atoms with E-state index in [9.17, 15) is 18.0 Å². The Kier molecular flexibility index (Phi) is 11.8. The number of nitrogens with one attached hydrogen (secondary N) is 2. The van der Waals surface area contributed by atoms with Gasteiger partial charge in [-0.3, -0.25) is 14.1 Å². The predicted molar refractivity (Wildman–Crippen MR) is 177 cm³/mol. The van der Waals surface area contributed by atoms with E-state index in [0.717, 1.165) is 58.1 Å². The molecule has 2 aliphatic rings. The van der Waals surface area contributed by atoms with Gasteiger partial charge in [0.2, 0.25) is 5.91 Å². The minimum absolute atomic E-state index is 0.0288. The Morgan fingerprint density at radius 3 is 2.44 bits per heavy atom. The van der Waals surface area contributed by atoms with Crippen LogP contribution in [0.1, 0.15) is 73.6 Å². The van der Waals surface area contributed by atoms with E-state index in [4.69, 9.17) is 0 Å². The zero-order valence-electron chi connectivity index (χ0n) is 25.0. The number of anilines is 1. The summed E-state index contributed by atoms with van der Waals surface area (Å²) in [5.41, 5.74) is 2.75. The SMILES string of the molecule is CCCCCCNC(=O)CCCCSc1sc(Cc2ccccc2)c(C)n2c(=O)nc(NS(=O)(=O)c3ccc(C)cc3)c1-2. The van der Waals surface area contributed by atoms with Gasteiger partial charge in [-0.05, 0) is 56.6 Å². The van der Waals surface area contributed by atoms with Gasteiger partial charge in [-0.2, -0.15) is 4.98 Å². The minimum Gasteiger partial charge on any atom is -0.356 e. The smallest absolute Gasteiger partial charge is 0.354 e. The van der Waals surface area contributed by atoms with Crippen LogP contribution in [-0.2, 0) is 21.2 Å². The molecule has 0 aromatic heterocycles. The number of aromatic nitrogens is 2. The van der Waals surface area contributed by atoms with E-state index in [1.165, 1.54) is 29.5 Å². The molecule has 0 atom stereocenters. The maximum atomic E-state index is 13.3. The van der Waals surface area contributed by atoms with Gasteiger partial charge in [0, 0.05) is 30.0 Å². The largest absolute Gasteiger partial charge is 0.356 e. The third-order valence-corrected chi connectivity index (χ3v) is 11.1. The topological polar surface area (TPSA) is 110 Å². The molecule has 2 aromatic rings. The van der Waals surface area contributed by atoms with Crippen molar-refractivity contribution < 1.29 is 13.2 Å². The van der Waals surface area contributed by atoms with Gasteiger partial charge in [0.25, 0.3) is 10.0 Å². The predicted octanol–water partition coefficient (Wildman–Crippen LogP) is 6.70. The Bertz CT molecular complexity index is 1630. The van der Waals surface area contributed by atoms with Crippen molar-refractivity contribution in [3.05, 3.63) is 86.8 Å². The number of unbranched alkanes of at least 4 members (excludes halogenated alkanes) is 4. The lowest BCUT2D eigenvalue weighted by molar-refractivity contribution is -0.121. The summed E-state index contributed by atoms with van der Waals surface area (Å²) in [6.45, 7) is 6.65. The van der Waals surface area contributed by atoms with E-state index in [1.807, 2.05) is 44.2 Å². The molecule has 0 saturated carbocycles. The van der Waals surface area contributed by atoms with Crippen molar-refractivity contribution in [2.75, 3.05) is 17.0 Å². The van der Waals surface area contributed by atoms with E-state index in [1.54, 1.807) is 35.2 Å². The number of hydrogen-bond acceptors (Lipinski definition) is 7. The maximum absolute atomic E-state index is 13.3. The molecular weight excluding hydrogens is 601 g/mol. The molecule has 43 heavy (non-hydrogen) atoms. The maximum Gasteiger partial charge on any atom is 0.354 e. The van der Waals surface area contributed by atoms with Crippen molar-refractivity contribution >= 4 is 44.8 Å². The first-order valence-corrected chi connectivity index (χ1v) is 18.1. The van der Waals surface area contributed by atoms with Crippen LogP contribution in [0, 0.1) is 13.8 Å². The Labute approximate surface area is 262 Å². The first-order valence-electron chi connectivity index (χ1n) is 14.8. The fraction of sp³-hybridized carbons (Fsp3) is 0.406.